The average molecular weight is 337 g/mol. The maximum absolute atomic E-state index is 13.2. The fourth-order valence-corrected chi connectivity index (χ4v) is 3.55. The van der Waals surface area contributed by atoms with Crippen molar-refractivity contribution in [1.29, 1.82) is 0 Å². The number of halogens is 1. The van der Waals surface area contributed by atoms with Gasteiger partial charge in [0.25, 0.3) is 0 Å². The molecule has 0 spiro atoms. The second kappa shape index (κ2) is 8.39. The molecule has 1 aliphatic carbocycles. The minimum Gasteiger partial charge on any atom is -0.389 e. The first-order valence-electron chi connectivity index (χ1n) is 8.96. The molecular weight excluding hydrogens is 309 g/mol. The third kappa shape index (κ3) is 4.99. The van der Waals surface area contributed by atoms with Crippen LogP contribution in [-0.4, -0.2) is 55.6 Å². The van der Waals surface area contributed by atoms with Crippen LogP contribution in [0.5, 0.6) is 0 Å². The number of ether oxygens (including phenoxy) is 2. The summed E-state index contributed by atoms with van der Waals surface area (Å²) in [6.07, 6.45) is 3.89. The second-order valence-corrected chi connectivity index (χ2v) is 7.07. The maximum Gasteiger partial charge on any atom is 0.123 e. The van der Waals surface area contributed by atoms with Crippen LogP contribution in [0.25, 0.3) is 0 Å². The van der Waals surface area contributed by atoms with Crippen molar-refractivity contribution in [3.8, 4) is 0 Å². The van der Waals surface area contributed by atoms with Crippen molar-refractivity contribution in [1.82, 2.24) is 4.90 Å². The van der Waals surface area contributed by atoms with E-state index in [4.69, 9.17) is 9.47 Å². The summed E-state index contributed by atoms with van der Waals surface area (Å²) in [6.45, 7) is 2.40. The number of hydrogen-bond donors (Lipinski definition) is 1. The van der Waals surface area contributed by atoms with E-state index < -0.39 is 6.10 Å². The third-order valence-corrected chi connectivity index (χ3v) is 4.95. The molecule has 0 aromatic heterocycles. The molecule has 1 N–H and O–H groups in total. The standard InChI is InChI=1S/C19H28FNO3/c1-21(12-17(22)13-24-18-8-10-23-11-9-18)19(14-2-3-14)15-4-6-16(20)7-5-15/h4-7,14,17-19,22H,2-3,8-13H2,1H3. The Kier molecular flexibility index (Phi) is 6.22. The Morgan fingerprint density at radius 2 is 1.88 bits per heavy atom. The van der Waals surface area contributed by atoms with Crippen molar-refractivity contribution in [2.75, 3.05) is 33.4 Å². The zero-order valence-electron chi connectivity index (χ0n) is 14.4. The molecule has 1 aliphatic heterocycles. The van der Waals surface area contributed by atoms with Crippen molar-refractivity contribution < 1.29 is 19.0 Å². The summed E-state index contributed by atoms with van der Waals surface area (Å²) in [6, 6.07) is 7.00. The van der Waals surface area contributed by atoms with Gasteiger partial charge < -0.3 is 14.6 Å². The van der Waals surface area contributed by atoms with E-state index in [1.165, 1.54) is 25.0 Å². The fraction of sp³-hybridized carbons (Fsp3) is 0.684. The molecule has 0 radical (unpaired) electrons. The van der Waals surface area contributed by atoms with E-state index in [1.807, 2.05) is 19.2 Å². The minimum atomic E-state index is -0.514. The first kappa shape index (κ1) is 17.8. The van der Waals surface area contributed by atoms with Gasteiger partial charge in [-0.25, -0.2) is 4.39 Å². The Bertz CT molecular complexity index is 500. The Balaban J connectivity index is 1.51. The van der Waals surface area contributed by atoms with Crippen molar-refractivity contribution in [3.05, 3.63) is 35.6 Å². The first-order chi connectivity index (χ1) is 11.6. The summed E-state index contributed by atoms with van der Waals surface area (Å²) >= 11 is 0. The minimum absolute atomic E-state index is 0.204. The smallest absolute Gasteiger partial charge is 0.123 e. The normalized spacial score (nSPS) is 21.8. The molecule has 2 aliphatic rings. The van der Waals surface area contributed by atoms with Gasteiger partial charge in [0.2, 0.25) is 0 Å². The Labute approximate surface area is 143 Å². The van der Waals surface area contributed by atoms with Gasteiger partial charge in [-0.3, -0.25) is 4.90 Å². The van der Waals surface area contributed by atoms with Crippen LogP contribution in [0.1, 0.15) is 37.3 Å². The van der Waals surface area contributed by atoms with Crippen molar-refractivity contribution >= 4 is 0 Å². The van der Waals surface area contributed by atoms with E-state index in [2.05, 4.69) is 4.90 Å². The lowest BCUT2D eigenvalue weighted by atomic mass is 10.0. The number of aliphatic hydroxyl groups excluding tert-OH is 1. The van der Waals surface area contributed by atoms with Crippen LogP contribution < -0.4 is 0 Å². The van der Waals surface area contributed by atoms with Gasteiger partial charge in [-0.15, -0.1) is 0 Å². The van der Waals surface area contributed by atoms with Gasteiger partial charge >= 0.3 is 0 Å². The number of benzene rings is 1. The molecule has 24 heavy (non-hydrogen) atoms. The molecule has 0 amide bonds. The number of aliphatic hydroxyl groups is 1. The molecule has 1 heterocycles. The van der Waals surface area contributed by atoms with Gasteiger partial charge in [0.05, 0.1) is 18.8 Å². The summed E-state index contributed by atoms with van der Waals surface area (Å²) in [5, 5.41) is 10.3. The zero-order chi connectivity index (χ0) is 16.9. The third-order valence-electron chi connectivity index (χ3n) is 4.95. The molecule has 2 unspecified atom stereocenters. The van der Waals surface area contributed by atoms with Crippen LogP contribution in [0.2, 0.25) is 0 Å². The lowest BCUT2D eigenvalue weighted by molar-refractivity contribution is -0.0651. The lowest BCUT2D eigenvalue weighted by Crippen LogP contribution is -2.37. The summed E-state index contributed by atoms with van der Waals surface area (Å²) in [4.78, 5) is 2.18. The molecule has 134 valence electrons. The SMILES string of the molecule is CN(CC(O)COC1CCOCC1)C(c1ccc(F)cc1)C1CC1. The molecule has 2 atom stereocenters. The van der Waals surface area contributed by atoms with Gasteiger partial charge in [0, 0.05) is 25.8 Å². The first-order valence-corrected chi connectivity index (χ1v) is 8.96. The van der Waals surface area contributed by atoms with E-state index in [1.54, 1.807) is 0 Å². The molecule has 2 fully saturated rings. The predicted octanol–water partition coefficient (Wildman–Crippen LogP) is 2.77. The predicted molar refractivity (Wildman–Crippen MR) is 90.3 cm³/mol. The molecule has 0 bridgehead atoms. The van der Waals surface area contributed by atoms with Crippen LogP contribution in [0.3, 0.4) is 0 Å². The van der Waals surface area contributed by atoms with E-state index >= 15 is 0 Å². The molecule has 5 heteroatoms. The van der Waals surface area contributed by atoms with E-state index in [9.17, 15) is 9.50 Å². The summed E-state index contributed by atoms with van der Waals surface area (Å²) in [5.41, 5.74) is 1.12. The highest BCUT2D eigenvalue weighted by atomic mass is 19.1. The monoisotopic (exact) mass is 337 g/mol. The number of likely N-dealkylation sites (N-methyl/N-ethyl adjacent to an activating group) is 1. The lowest BCUT2D eigenvalue weighted by Gasteiger charge is -2.31. The number of hydrogen-bond acceptors (Lipinski definition) is 4. The van der Waals surface area contributed by atoms with Gasteiger partial charge in [0.1, 0.15) is 5.82 Å². The molecule has 4 nitrogen and oxygen atoms in total. The fourth-order valence-electron chi connectivity index (χ4n) is 3.55. The van der Waals surface area contributed by atoms with Gasteiger partial charge in [-0.05, 0) is 56.3 Å². The molecular formula is C19H28FNO3. The molecule has 1 aromatic rings. The number of rotatable bonds is 8. The topological polar surface area (TPSA) is 41.9 Å². The summed E-state index contributed by atoms with van der Waals surface area (Å²) < 4.78 is 24.3. The molecule has 1 aromatic carbocycles. The van der Waals surface area contributed by atoms with E-state index in [0.717, 1.165) is 31.6 Å². The molecule has 1 saturated carbocycles. The number of nitrogens with zero attached hydrogens (tertiary/aromatic N) is 1. The highest BCUT2D eigenvalue weighted by Crippen LogP contribution is 2.44. The van der Waals surface area contributed by atoms with Crippen molar-refractivity contribution in [3.63, 3.8) is 0 Å². The van der Waals surface area contributed by atoms with Gasteiger partial charge in [-0.1, -0.05) is 12.1 Å². The zero-order valence-corrected chi connectivity index (χ0v) is 14.4. The van der Waals surface area contributed by atoms with Gasteiger partial charge in [0.15, 0.2) is 0 Å². The highest BCUT2D eigenvalue weighted by molar-refractivity contribution is 5.22. The largest absolute Gasteiger partial charge is 0.389 e. The Hall–Kier alpha value is -1.01. The van der Waals surface area contributed by atoms with Gasteiger partial charge in [-0.2, -0.15) is 0 Å². The van der Waals surface area contributed by atoms with E-state index in [0.29, 0.717) is 19.1 Å². The summed E-state index contributed by atoms with van der Waals surface area (Å²) in [5.74, 6) is 0.393. The quantitative estimate of drug-likeness (QED) is 0.792. The Morgan fingerprint density at radius 1 is 1.21 bits per heavy atom. The van der Waals surface area contributed by atoms with Crippen LogP contribution in [0.15, 0.2) is 24.3 Å². The van der Waals surface area contributed by atoms with Crippen molar-refractivity contribution in [2.45, 2.75) is 43.9 Å². The van der Waals surface area contributed by atoms with Crippen LogP contribution in [0, 0.1) is 11.7 Å². The highest BCUT2D eigenvalue weighted by Gasteiger charge is 2.35. The van der Waals surface area contributed by atoms with Crippen LogP contribution in [0.4, 0.5) is 4.39 Å². The second-order valence-electron chi connectivity index (χ2n) is 7.07. The molecule has 1 saturated heterocycles. The van der Waals surface area contributed by atoms with Crippen LogP contribution in [-0.2, 0) is 9.47 Å². The van der Waals surface area contributed by atoms with Crippen LogP contribution >= 0.6 is 0 Å². The van der Waals surface area contributed by atoms with E-state index in [-0.39, 0.29) is 18.0 Å². The average Bonchev–Trinajstić information content (AvgIpc) is 3.41. The molecule has 3 rings (SSSR count). The maximum atomic E-state index is 13.2. The Morgan fingerprint density at radius 3 is 2.50 bits per heavy atom. The van der Waals surface area contributed by atoms with Crippen molar-refractivity contribution in [2.24, 2.45) is 5.92 Å². The summed E-state index contributed by atoms with van der Waals surface area (Å²) in [7, 11) is 2.03.